The quantitative estimate of drug-likeness (QED) is 0.479. The largest absolute Gasteiger partial charge is 0.479 e. The Balaban J connectivity index is 3.08. The lowest BCUT2D eigenvalue weighted by Crippen LogP contribution is -2.36. The first kappa shape index (κ1) is 16.0. The number of hydrogen-bond acceptors (Lipinski definition) is 6. The van der Waals surface area contributed by atoms with E-state index in [9.17, 15) is 23.3 Å². The molecule has 0 bridgehead atoms. The van der Waals surface area contributed by atoms with Gasteiger partial charge in [-0.15, -0.1) is 0 Å². The maximum absolute atomic E-state index is 11.9. The van der Waals surface area contributed by atoms with Gasteiger partial charge in [0.1, 0.15) is 0 Å². The zero-order valence-electron chi connectivity index (χ0n) is 10.3. The number of carbonyl (C=O) groups is 1. The molecule has 10 heteroatoms. The van der Waals surface area contributed by atoms with Gasteiger partial charge in [0.25, 0.3) is 5.69 Å². The molecule has 1 atom stereocenters. The Labute approximate surface area is 114 Å². The van der Waals surface area contributed by atoms with E-state index in [0.29, 0.717) is 0 Å². The van der Waals surface area contributed by atoms with Gasteiger partial charge < -0.3 is 10.2 Å². The van der Waals surface area contributed by atoms with E-state index in [1.54, 1.807) is 0 Å². The van der Waals surface area contributed by atoms with Gasteiger partial charge in [-0.2, -0.15) is 0 Å². The summed E-state index contributed by atoms with van der Waals surface area (Å²) in [6, 6.07) is 3.51. The fraction of sp³-hybridized carbons (Fsp3) is 0.300. The van der Waals surface area contributed by atoms with E-state index in [-0.39, 0.29) is 16.1 Å². The molecule has 1 aromatic rings. The summed E-state index contributed by atoms with van der Waals surface area (Å²) in [5.74, 6) is -1.58. The third-order valence-electron chi connectivity index (χ3n) is 2.49. The molecule has 0 aromatic heterocycles. The number of rotatable bonds is 6. The molecule has 110 valence electrons. The highest BCUT2D eigenvalue weighted by Crippen LogP contribution is 2.24. The Bertz CT molecular complexity index is 641. The number of sulfonamides is 1. The molecule has 0 aliphatic rings. The molecular formula is C10H12N2O7S. The predicted octanol–water partition coefficient (Wildman–Crippen LogP) is -0.373. The summed E-state index contributed by atoms with van der Waals surface area (Å²) >= 11 is 0. The van der Waals surface area contributed by atoms with Crippen molar-refractivity contribution in [2.75, 3.05) is 6.54 Å². The fourth-order valence-electron chi connectivity index (χ4n) is 1.45. The van der Waals surface area contributed by atoms with Crippen LogP contribution in [-0.4, -0.2) is 42.2 Å². The molecular weight excluding hydrogens is 292 g/mol. The Morgan fingerprint density at radius 3 is 2.60 bits per heavy atom. The number of nitrogens with one attached hydrogen (secondary N) is 1. The van der Waals surface area contributed by atoms with E-state index in [1.165, 1.54) is 13.0 Å². The van der Waals surface area contributed by atoms with Crippen LogP contribution in [0.5, 0.6) is 0 Å². The first-order valence-corrected chi connectivity index (χ1v) is 6.79. The highest BCUT2D eigenvalue weighted by molar-refractivity contribution is 7.89. The Morgan fingerprint density at radius 1 is 1.50 bits per heavy atom. The fourth-order valence-corrected chi connectivity index (χ4v) is 2.74. The van der Waals surface area contributed by atoms with Crippen molar-refractivity contribution in [3.05, 3.63) is 33.9 Å². The average Bonchev–Trinajstić information content (AvgIpc) is 2.35. The van der Waals surface area contributed by atoms with Crippen molar-refractivity contribution in [2.24, 2.45) is 0 Å². The zero-order valence-corrected chi connectivity index (χ0v) is 11.1. The number of nitro benzene ring substituents is 1. The van der Waals surface area contributed by atoms with Crippen molar-refractivity contribution in [1.29, 1.82) is 0 Å². The number of aliphatic carboxylic acids is 1. The van der Waals surface area contributed by atoms with Crippen molar-refractivity contribution in [3.8, 4) is 0 Å². The van der Waals surface area contributed by atoms with Gasteiger partial charge in [-0.1, -0.05) is 6.07 Å². The van der Waals surface area contributed by atoms with Gasteiger partial charge in [-0.3, -0.25) is 10.1 Å². The molecule has 0 saturated heterocycles. The third kappa shape index (κ3) is 3.50. The molecule has 9 nitrogen and oxygen atoms in total. The van der Waals surface area contributed by atoms with Gasteiger partial charge in [0.2, 0.25) is 10.0 Å². The van der Waals surface area contributed by atoms with Crippen LogP contribution in [-0.2, 0) is 14.8 Å². The van der Waals surface area contributed by atoms with Crippen molar-refractivity contribution in [1.82, 2.24) is 4.72 Å². The molecule has 0 aliphatic heterocycles. The molecule has 20 heavy (non-hydrogen) atoms. The van der Waals surface area contributed by atoms with Crippen molar-refractivity contribution >= 4 is 21.7 Å². The van der Waals surface area contributed by atoms with Crippen LogP contribution >= 0.6 is 0 Å². The first-order valence-electron chi connectivity index (χ1n) is 5.31. The van der Waals surface area contributed by atoms with Gasteiger partial charge in [0, 0.05) is 18.2 Å². The molecule has 0 heterocycles. The highest BCUT2D eigenvalue weighted by Gasteiger charge is 2.24. The van der Waals surface area contributed by atoms with E-state index in [0.717, 1.165) is 12.1 Å². The number of aliphatic hydroxyl groups excluding tert-OH is 1. The van der Waals surface area contributed by atoms with Gasteiger partial charge in [-0.25, -0.2) is 17.9 Å². The monoisotopic (exact) mass is 304 g/mol. The van der Waals surface area contributed by atoms with Crippen LogP contribution in [0, 0.1) is 17.0 Å². The number of carboxylic acid groups (broad SMARTS) is 1. The van der Waals surface area contributed by atoms with E-state index < -0.39 is 33.6 Å². The molecule has 0 aliphatic carbocycles. The van der Waals surface area contributed by atoms with E-state index in [4.69, 9.17) is 10.2 Å². The second kappa shape index (κ2) is 5.94. The second-order valence-electron chi connectivity index (χ2n) is 3.86. The molecule has 1 rings (SSSR count). The number of hydrogen-bond donors (Lipinski definition) is 3. The average molecular weight is 304 g/mol. The summed E-state index contributed by atoms with van der Waals surface area (Å²) in [5, 5.41) is 28.2. The van der Waals surface area contributed by atoms with Crippen LogP contribution < -0.4 is 4.72 Å². The zero-order chi connectivity index (χ0) is 15.5. The number of nitro groups is 1. The number of carboxylic acids is 1. The third-order valence-corrected chi connectivity index (χ3v) is 4.06. The topological polar surface area (TPSA) is 147 Å². The van der Waals surface area contributed by atoms with Gasteiger partial charge in [-0.05, 0) is 13.0 Å². The highest BCUT2D eigenvalue weighted by atomic mass is 32.2. The predicted molar refractivity (Wildman–Crippen MR) is 66.7 cm³/mol. The normalized spacial score (nSPS) is 12.9. The SMILES string of the molecule is Cc1c([N+](=O)[O-])cccc1S(=O)(=O)NC[C@H](O)C(=O)O. The molecule has 3 N–H and O–H groups in total. The van der Waals surface area contributed by atoms with Crippen LogP contribution in [0.2, 0.25) is 0 Å². The van der Waals surface area contributed by atoms with E-state index in [1.807, 2.05) is 4.72 Å². The minimum atomic E-state index is -4.15. The Kier molecular flexibility index (Phi) is 4.76. The van der Waals surface area contributed by atoms with Gasteiger partial charge in [0.05, 0.1) is 9.82 Å². The van der Waals surface area contributed by atoms with E-state index >= 15 is 0 Å². The van der Waals surface area contributed by atoms with Crippen LogP contribution in [0.3, 0.4) is 0 Å². The summed E-state index contributed by atoms with van der Waals surface area (Å²) in [6.45, 7) is 0.528. The number of nitrogens with zero attached hydrogens (tertiary/aromatic N) is 1. The summed E-state index contributed by atoms with van der Waals surface area (Å²) in [7, 11) is -4.15. The van der Waals surface area contributed by atoms with Crippen LogP contribution in [0.15, 0.2) is 23.1 Å². The van der Waals surface area contributed by atoms with Crippen molar-refractivity contribution in [3.63, 3.8) is 0 Å². The molecule has 0 fully saturated rings. The number of aliphatic hydroxyl groups is 1. The van der Waals surface area contributed by atoms with Crippen molar-refractivity contribution < 1.29 is 28.3 Å². The van der Waals surface area contributed by atoms with Crippen LogP contribution in [0.4, 0.5) is 5.69 Å². The summed E-state index contributed by atoms with van der Waals surface area (Å²) in [6.07, 6.45) is -1.90. The van der Waals surface area contributed by atoms with Crippen molar-refractivity contribution in [2.45, 2.75) is 17.9 Å². The maximum Gasteiger partial charge on any atom is 0.333 e. The molecule has 0 radical (unpaired) electrons. The minimum absolute atomic E-state index is 0.0742. The smallest absolute Gasteiger partial charge is 0.333 e. The Morgan fingerprint density at radius 2 is 2.10 bits per heavy atom. The lowest BCUT2D eigenvalue weighted by molar-refractivity contribution is -0.385. The summed E-state index contributed by atoms with van der Waals surface area (Å²) in [5.41, 5.74) is -0.443. The van der Waals surface area contributed by atoms with Gasteiger partial charge >= 0.3 is 5.97 Å². The van der Waals surface area contributed by atoms with E-state index in [2.05, 4.69) is 0 Å². The molecule has 0 spiro atoms. The summed E-state index contributed by atoms with van der Waals surface area (Å²) < 4.78 is 25.7. The molecule has 1 aromatic carbocycles. The minimum Gasteiger partial charge on any atom is -0.479 e. The first-order chi connectivity index (χ1) is 9.16. The maximum atomic E-state index is 11.9. The molecule has 0 amide bonds. The standard InChI is InChI=1S/C10H12N2O7S/c1-6-7(12(16)17)3-2-4-9(6)20(18,19)11-5-8(13)10(14)15/h2-4,8,11,13H,5H2,1H3,(H,14,15)/t8-/m0/s1. The number of benzene rings is 1. The van der Waals surface area contributed by atoms with Gasteiger partial charge in [0.15, 0.2) is 6.10 Å². The molecule has 0 unspecified atom stereocenters. The summed E-state index contributed by atoms with van der Waals surface area (Å²) in [4.78, 5) is 20.1. The lowest BCUT2D eigenvalue weighted by atomic mass is 10.2. The van der Waals surface area contributed by atoms with Crippen LogP contribution in [0.1, 0.15) is 5.56 Å². The van der Waals surface area contributed by atoms with Crippen LogP contribution in [0.25, 0.3) is 0 Å². The Hall–Kier alpha value is -2.04. The molecule has 0 saturated carbocycles. The lowest BCUT2D eigenvalue weighted by Gasteiger charge is -2.10. The second-order valence-corrected chi connectivity index (χ2v) is 5.60.